The highest BCUT2D eigenvalue weighted by molar-refractivity contribution is 6.33. The molecule has 0 saturated carbocycles. The minimum atomic E-state index is -0.280. The fourth-order valence-corrected chi connectivity index (χ4v) is 4.06. The van der Waals surface area contributed by atoms with Gasteiger partial charge in [0.2, 0.25) is 0 Å². The third-order valence-electron chi connectivity index (χ3n) is 5.81. The summed E-state index contributed by atoms with van der Waals surface area (Å²) in [5.41, 5.74) is 6.95. The maximum Gasteiger partial charge on any atom is 0.125 e. The predicted octanol–water partition coefficient (Wildman–Crippen LogP) is 6.63. The number of benzene rings is 1. The molecule has 0 saturated heterocycles. The van der Waals surface area contributed by atoms with Gasteiger partial charge in [0.15, 0.2) is 0 Å². The second kappa shape index (κ2) is 11.0. The maximum atomic E-state index is 6.33. The molecule has 0 N–H and O–H groups in total. The number of nitrogens with zero attached hydrogens (tertiary/aromatic N) is 4. The Hall–Kier alpha value is -3.25. The maximum absolute atomic E-state index is 6.33. The van der Waals surface area contributed by atoms with Crippen molar-refractivity contribution in [2.24, 2.45) is 15.7 Å². The second-order valence-electron chi connectivity index (χ2n) is 9.63. The SMILES string of the molecule is CC(=NOCC(C)(C)CON=C1CCCc2ccc(C)nc21)c1cccc(-c2ccccc2Cl)n1. The molecule has 0 unspecified atom stereocenters. The Balaban J connectivity index is 1.35. The average molecular weight is 491 g/mol. The lowest BCUT2D eigenvalue weighted by Crippen LogP contribution is -2.24. The molecule has 0 bridgehead atoms. The van der Waals surface area contributed by atoms with Crippen molar-refractivity contribution in [1.29, 1.82) is 0 Å². The third kappa shape index (κ3) is 6.45. The van der Waals surface area contributed by atoms with E-state index in [0.717, 1.165) is 53.3 Å². The molecule has 1 aliphatic rings. The van der Waals surface area contributed by atoms with Crippen LogP contribution >= 0.6 is 11.6 Å². The summed E-state index contributed by atoms with van der Waals surface area (Å²) in [6.45, 7) is 8.79. The van der Waals surface area contributed by atoms with E-state index in [0.29, 0.717) is 23.9 Å². The van der Waals surface area contributed by atoms with E-state index in [1.54, 1.807) is 0 Å². The molecule has 4 rings (SSSR count). The molecule has 0 spiro atoms. The van der Waals surface area contributed by atoms with Crippen molar-refractivity contribution in [2.75, 3.05) is 13.2 Å². The van der Waals surface area contributed by atoms with Gasteiger partial charge in [-0.25, -0.2) is 4.98 Å². The van der Waals surface area contributed by atoms with Crippen LogP contribution in [0.15, 0.2) is 64.9 Å². The van der Waals surface area contributed by atoms with E-state index >= 15 is 0 Å². The van der Waals surface area contributed by atoms with Crippen LogP contribution in [0.5, 0.6) is 0 Å². The first kappa shape index (κ1) is 24.9. The standard InChI is InChI=1S/C28H31ClN4O2/c1-19-15-16-21-9-7-14-26(27(21)30-19)33-35-18-28(3,4)17-34-32-20(2)24-12-8-13-25(31-24)22-10-5-6-11-23(22)29/h5-6,8,10-13,15-16H,7,9,14,17-18H2,1-4H3. The molecule has 1 aliphatic carbocycles. The van der Waals surface area contributed by atoms with Crippen LogP contribution in [0, 0.1) is 12.3 Å². The van der Waals surface area contributed by atoms with E-state index in [2.05, 4.69) is 35.2 Å². The molecular formula is C28H31ClN4O2. The Bertz CT molecular complexity index is 1250. The lowest BCUT2D eigenvalue weighted by atomic mass is 9.94. The van der Waals surface area contributed by atoms with Gasteiger partial charge in [0.1, 0.15) is 24.6 Å². The van der Waals surface area contributed by atoms with Gasteiger partial charge in [-0.15, -0.1) is 0 Å². The monoisotopic (exact) mass is 490 g/mol. The Morgan fingerprint density at radius 3 is 2.60 bits per heavy atom. The van der Waals surface area contributed by atoms with Gasteiger partial charge >= 0.3 is 0 Å². The van der Waals surface area contributed by atoms with Gasteiger partial charge in [-0.2, -0.15) is 0 Å². The van der Waals surface area contributed by atoms with Crippen LogP contribution < -0.4 is 0 Å². The third-order valence-corrected chi connectivity index (χ3v) is 6.14. The molecule has 3 aromatic rings. The largest absolute Gasteiger partial charge is 0.395 e. The Kier molecular flexibility index (Phi) is 7.81. The predicted molar refractivity (Wildman–Crippen MR) is 141 cm³/mol. The van der Waals surface area contributed by atoms with Crippen LogP contribution in [-0.2, 0) is 16.1 Å². The Morgan fingerprint density at radius 2 is 1.77 bits per heavy atom. The molecule has 1 aromatic carbocycles. The number of halogens is 1. The first-order chi connectivity index (χ1) is 16.8. The number of hydrogen-bond donors (Lipinski definition) is 0. The summed E-state index contributed by atoms with van der Waals surface area (Å²) in [5, 5.41) is 9.39. The molecule has 2 heterocycles. The molecule has 0 amide bonds. The van der Waals surface area contributed by atoms with Crippen molar-refractivity contribution in [3.05, 3.63) is 82.3 Å². The van der Waals surface area contributed by atoms with Crippen molar-refractivity contribution >= 4 is 23.0 Å². The minimum absolute atomic E-state index is 0.280. The van der Waals surface area contributed by atoms with Gasteiger partial charge in [-0.3, -0.25) is 4.98 Å². The highest BCUT2D eigenvalue weighted by atomic mass is 35.5. The van der Waals surface area contributed by atoms with Crippen LogP contribution in [0.1, 0.15) is 56.3 Å². The number of rotatable bonds is 8. The minimum Gasteiger partial charge on any atom is -0.395 e. The van der Waals surface area contributed by atoms with Crippen LogP contribution in [0.2, 0.25) is 5.02 Å². The van der Waals surface area contributed by atoms with Gasteiger partial charge in [0.25, 0.3) is 0 Å². The van der Waals surface area contributed by atoms with Crippen molar-refractivity contribution in [2.45, 2.75) is 47.0 Å². The summed E-state index contributed by atoms with van der Waals surface area (Å²) < 4.78 is 0. The van der Waals surface area contributed by atoms with Crippen molar-refractivity contribution < 1.29 is 9.68 Å². The summed E-state index contributed by atoms with van der Waals surface area (Å²) in [5.74, 6) is 0. The summed E-state index contributed by atoms with van der Waals surface area (Å²) >= 11 is 6.33. The van der Waals surface area contributed by atoms with E-state index in [9.17, 15) is 0 Å². The van der Waals surface area contributed by atoms with Gasteiger partial charge in [-0.05, 0) is 62.9 Å². The van der Waals surface area contributed by atoms with E-state index in [4.69, 9.17) is 26.3 Å². The molecule has 0 atom stereocenters. The number of aryl methyl sites for hydroxylation is 2. The van der Waals surface area contributed by atoms with E-state index in [-0.39, 0.29) is 5.41 Å². The van der Waals surface area contributed by atoms with Crippen molar-refractivity contribution in [3.8, 4) is 11.3 Å². The summed E-state index contributed by atoms with van der Waals surface area (Å²) in [6, 6.07) is 17.6. The zero-order valence-corrected chi connectivity index (χ0v) is 21.5. The van der Waals surface area contributed by atoms with Gasteiger partial charge in [-0.1, -0.05) is 66.1 Å². The molecule has 7 heteroatoms. The number of hydrogen-bond acceptors (Lipinski definition) is 6. The normalized spacial score (nSPS) is 15.1. The molecule has 35 heavy (non-hydrogen) atoms. The summed E-state index contributed by atoms with van der Waals surface area (Å²) in [7, 11) is 0. The Morgan fingerprint density at radius 1 is 0.971 bits per heavy atom. The smallest absolute Gasteiger partial charge is 0.125 e. The first-order valence-corrected chi connectivity index (χ1v) is 12.2. The fraction of sp³-hybridized carbons (Fsp3) is 0.357. The quantitative estimate of drug-likeness (QED) is 0.262. The van der Waals surface area contributed by atoms with Crippen molar-refractivity contribution in [1.82, 2.24) is 9.97 Å². The molecular weight excluding hydrogens is 460 g/mol. The summed E-state index contributed by atoms with van der Waals surface area (Å²) in [6.07, 6.45) is 2.98. The highest BCUT2D eigenvalue weighted by Gasteiger charge is 2.22. The van der Waals surface area contributed by atoms with Crippen LogP contribution in [0.25, 0.3) is 11.3 Å². The lowest BCUT2D eigenvalue weighted by molar-refractivity contribution is -0.000158. The van der Waals surface area contributed by atoms with Crippen LogP contribution in [0.4, 0.5) is 0 Å². The fourth-order valence-electron chi connectivity index (χ4n) is 3.82. The number of pyridine rings is 2. The van der Waals surface area contributed by atoms with Gasteiger partial charge in [0.05, 0.1) is 17.1 Å². The molecule has 0 aliphatic heterocycles. The number of oxime groups is 2. The number of aromatic nitrogens is 2. The van der Waals surface area contributed by atoms with E-state index in [1.165, 1.54) is 5.56 Å². The molecule has 182 valence electrons. The first-order valence-electron chi connectivity index (χ1n) is 11.9. The molecule has 6 nitrogen and oxygen atoms in total. The molecule has 0 radical (unpaired) electrons. The number of fused-ring (bicyclic) bond motifs is 1. The average Bonchev–Trinajstić information content (AvgIpc) is 2.84. The van der Waals surface area contributed by atoms with Crippen molar-refractivity contribution in [3.63, 3.8) is 0 Å². The van der Waals surface area contributed by atoms with E-state index < -0.39 is 0 Å². The zero-order chi connectivity index (χ0) is 24.8. The topological polar surface area (TPSA) is 69.0 Å². The highest BCUT2D eigenvalue weighted by Crippen LogP contribution is 2.26. The Labute approximate surface area is 212 Å². The second-order valence-corrected chi connectivity index (χ2v) is 10.0. The van der Waals surface area contributed by atoms with Gasteiger partial charge < -0.3 is 9.68 Å². The molecule has 2 aromatic heterocycles. The van der Waals surface area contributed by atoms with Crippen LogP contribution in [0.3, 0.4) is 0 Å². The lowest BCUT2D eigenvalue weighted by Gasteiger charge is -2.22. The summed E-state index contributed by atoms with van der Waals surface area (Å²) in [4.78, 5) is 20.8. The molecule has 0 fully saturated rings. The van der Waals surface area contributed by atoms with E-state index in [1.807, 2.05) is 62.4 Å². The van der Waals surface area contributed by atoms with Crippen LogP contribution in [-0.4, -0.2) is 34.6 Å². The van der Waals surface area contributed by atoms with Gasteiger partial charge in [0, 0.05) is 21.7 Å². The zero-order valence-electron chi connectivity index (χ0n) is 20.7.